The molecular weight excluding hydrogens is 383 g/mol. The topological polar surface area (TPSA) is 76.4 Å². The fourth-order valence-electron chi connectivity index (χ4n) is 1.68. The van der Waals surface area contributed by atoms with Gasteiger partial charge in [0, 0.05) is 32.8 Å². The van der Waals surface area contributed by atoms with E-state index in [9.17, 15) is 0 Å². The summed E-state index contributed by atoms with van der Waals surface area (Å²) in [6.45, 7) is 10.7. The molecule has 1 aromatic heterocycles. The molecule has 0 atom stereocenters. The molecule has 0 radical (unpaired) electrons. The molecule has 0 aliphatic rings. The number of aromatic nitrogens is 3. The molecule has 1 rings (SSSR count). The van der Waals surface area contributed by atoms with E-state index in [1.165, 1.54) is 0 Å². The van der Waals surface area contributed by atoms with Crippen LogP contribution in [0.1, 0.15) is 33.0 Å². The van der Waals surface area contributed by atoms with Crippen LogP contribution in [0, 0.1) is 0 Å². The standard InChI is InChI=1S/C13H26N6O.HI/c1-4-14-13(15-8-7-9-20-6-3)16-10-12-18-17-11-19(12)5-2;/h11H,4-10H2,1-3H3,(H2,14,15,16);1H. The highest BCUT2D eigenvalue weighted by Crippen LogP contribution is 1.96. The number of rotatable bonds is 9. The highest BCUT2D eigenvalue weighted by atomic mass is 127. The highest BCUT2D eigenvalue weighted by Gasteiger charge is 2.02. The second kappa shape index (κ2) is 12.8. The van der Waals surface area contributed by atoms with Crippen LogP contribution in [0.15, 0.2) is 11.3 Å². The Balaban J connectivity index is 0.00000400. The molecule has 0 saturated carbocycles. The first-order valence-corrected chi connectivity index (χ1v) is 7.28. The second-order valence-electron chi connectivity index (χ2n) is 4.21. The van der Waals surface area contributed by atoms with Crippen molar-refractivity contribution in [2.45, 2.75) is 40.3 Å². The average Bonchev–Trinajstić information content (AvgIpc) is 2.91. The normalized spacial score (nSPS) is 11.1. The summed E-state index contributed by atoms with van der Waals surface area (Å²) in [5, 5.41) is 14.5. The molecular formula is C13H27IN6O. The van der Waals surface area contributed by atoms with Crippen LogP contribution < -0.4 is 10.6 Å². The van der Waals surface area contributed by atoms with Crippen molar-refractivity contribution in [2.75, 3.05) is 26.3 Å². The van der Waals surface area contributed by atoms with Crippen molar-refractivity contribution in [3.05, 3.63) is 12.2 Å². The van der Waals surface area contributed by atoms with Crippen molar-refractivity contribution in [3.8, 4) is 0 Å². The van der Waals surface area contributed by atoms with Gasteiger partial charge in [-0.2, -0.15) is 0 Å². The monoisotopic (exact) mass is 410 g/mol. The van der Waals surface area contributed by atoms with Gasteiger partial charge in [-0.1, -0.05) is 0 Å². The molecule has 2 N–H and O–H groups in total. The summed E-state index contributed by atoms with van der Waals surface area (Å²) in [6, 6.07) is 0. The Kier molecular flexibility index (Phi) is 12.3. The van der Waals surface area contributed by atoms with Crippen molar-refractivity contribution in [1.82, 2.24) is 25.4 Å². The van der Waals surface area contributed by atoms with Crippen LogP contribution in [0.5, 0.6) is 0 Å². The van der Waals surface area contributed by atoms with E-state index in [1.807, 2.05) is 18.4 Å². The zero-order chi connectivity index (χ0) is 14.6. The maximum absolute atomic E-state index is 5.30. The summed E-state index contributed by atoms with van der Waals surface area (Å²) in [4.78, 5) is 4.51. The van der Waals surface area contributed by atoms with E-state index in [1.54, 1.807) is 6.33 Å². The molecule has 0 fully saturated rings. The lowest BCUT2D eigenvalue weighted by atomic mass is 10.4. The lowest BCUT2D eigenvalue weighted by molar-refractivity contribution is 0.145. The van der Waals surface area contributed by atoms with E-state index >= 15 is 0 Å². The maximum Gasteiger partial charge on any atom is 0.191 e. The minimum Gasteiger partial charge on any atom is -0.382 e. The van der Waals surface area contributed by atoms with Crippen molar-refractivity contribution in [1.29, 1.82) is 0 Å². The Morgan fingerprint density at radius 1 is 1.33 bits per heavy atom. The SMILES string of the molecule is CCNC(=NCc1nncn1CC)NCCCOCC.I. The van der Waals surface area contributed by atoms with E-state index in [-0.39, 0.29) is 24.0 Å². The fraction of sp³-hybridized carbons (Fsp3) is 0.769. The molecule has 8 heteroatoms. The van der Waals surface area contributed by atoms with E-state index in [0.29, 0.717) is 6.54 Å². The van der Waals surface area contributed by atoms with E-state index < -0.39 is 0 Å². The van der Waals surface area contributed by atoms with Gasteiger partial charge in [0.15, 0.2) is 11.8 Å². The molecule has 1 aromatic rings. The average molecular weight is 410 g/mol. The number of guanidine groups is 1. The van der Waals surface area contributed by atoms with E-state index in [0.717, 1.165) is 51.1 Å². The first kappa shape index (κ1) is 20.1. The van der Waals surface area contributed by atoms with Crippen molar-refractivity contribution >= 4 is 29.9 Å². The van der Waals surface area contributed by atoms with Gasteiger partial charge in [-0.05, 0) is 27.2 Å². The van der Waals surface area contributed by atoms with Crippen molar-refractivity contribution < 1.29 is 4.74 Å². The Hall–Kier alpha value is -0.900. The number of aryl methyl sites for hydroxylation is 1. The smallest absolute Gasteiger partial charge is 0.191 e. The lowest BCUT2D eigenvalue weighted by Crippen LogP contribution is -2.38. The molecule has 122 valence electrons. The quantitative estimate of drug-likeness (QED) is 0.279. The van der Waals surface area contributed by atoms with Gasteiger partial charge in [-0.3, -0.25) is 0 Å². The number of hydrogen-bond acceptors (Lipinski definition) is 4. The third-order valence-corrected chi connectivity index (χ3v) is 2.72. The summed E-state index contributed by atoms with van der Waals surface area (Å²) in [7, 11) is 0. The number of aliphatic imine (C=N–C) groups is 1. The van der Waals surface area contributed by atoms with Gasteiger partial charge in [0.25, 0.3) is 0 Å². The van der Waals surface area contributed by atoms with Gasteiger partial charge < -0.3 is 19.9 Å². The molecule has 0 amide bonds. The highest BCUT2D eigenvalue weighted by molar-refractivity contribution is 14.0. The third-order valence-electron chi connectivity index (χ3n) is 2.72. The van der Waals surface area contributed by atoms with Crippen molar-refractivity contribution in [2.24, 2.45) is 4.99 Å². The second-order valence-corrected chi connectivity index (χ2v) is 4.21. The molecule has 0 saturated heterocycles. The first-order chi connectivity index (χ1) is 9.81. The van der Waals surface area contributed by atoms with Crippen LogP contribution in [0.3, 0.4) is 0 Å². The van der Waals surface area contributed by atoms with Gasteiger partial charge in [-0.15, -0.1) is 34.2 Å². The molecule has 0 spiro atoms. The van der Waals surface area contributed by atoms with E-state index in [4.69, 9.17) is 4.74 Å². The number of halogens is 1. The minimum absolute atomic E-state index is 0. The Labute approximate surface area is 144 Å². The summed E-state index contributed by atoms with van der Waals surface area (Å²) >= 11 is 0. The predicted octanol–water partition coefficient (Wildman–Crippen LogP) is 1.40. The summed E-state index contributed by atoms with van der Waals surface area (Å²) in [5.74, 6) is 1.67. The Bertz CT molecular complexity index is 396. The van der Waals surface area contributed by atoms with Gasteiger partial charge in [0.1, 0.15) is 12.9 Å². The third kappa shape index (κ3) is 8.20. The number of nitrogens with one attached hydrogen (secondary N) is 2. The van der Waals surface area contributed by atoms with Gasteiger partial charge in [0.2, 0.25) is 0 Å². The summed E-state index contributed by atoms with van der Waals surface area (Å²) in [5.41, 5.74) is 0. The van der Waals surface area contributed by atoms with Crippen molar-refractivity contribution in [3.63, 3.8) is 0 Å². The van der Waals surface area contributed by atoms with Crippen LogP contribution in [0.4, 0.5) is 0 Å². The number of nitrogens with zero attached hydrogens (tertiary/aromatic N) is 4. The largest absolute Gasteiger partial charge is 0.382 e. The van der Waals surface area contributed by atoms with Gasteiger partial charge in [0.05, 0.1) is 0 Å². The van der Waals surface area contributed by atoms with Crippen LogP contribution in [0.25, 0.3) is 0 Å². The Morgan fingerprint density at radius 3 is 2.81 bits per heavy atom. The zero-order valence-corrected chi connectivity index (χ0v) is 15.5. The molecule has 0 unspecified atom stereocenters. The summed E-state index contributed by atoms with van der Waals surface area (Å²) < 4.78 is 7.29. The van der Waals surface area contributed by atoms with Crippen LogP contribution in [0.2, 0.25) is 0 Å². The predicted molar refractivity (Wildman–Crippen MR) is 95.0 cm³/mol. The first-order valence-electron chi connectivity index (χ1n) is 7.28. The Morgan fingerprint density at radius 2 is 2.14 bits per heavy atom. The molecule has 1 heterocycles. The molecule has 0 aliphatic carbocycles. The number of ether oxygens (including phenoxy) is 1. The summed E-state index contributed by atoms with van der Waals surface area (Å²) in [6.07, 6.45) is 2.69. The van der Waals surface area contributed by atoms with Crippen LogP contribution >= 0.6 is 24.0 Å². The van der Waals surface area contributed by atoms with Gasteiger partial charge in [-0.25, -0.2) is 4.99 Å². The number of hydrogen-bond donors (Lipinski definition) is 2. The van der Waals surface area contributed by atoms with Crippen LogP contribution in [-0.2, 0) is 17.8 Å². The molecule has 21 heavy (non-hydrogen) atoms. The molecule has 0 bridgehead atoms. The lowest BCUT2D eigenvalue weighted by Gasteiger charge is -2.11. The van der Waals surface area contributed by atoms with E-state index in [2.05, 4.69) is 32.7 Å². The molecule has 0 aromatic carbocycles. The molecule has 0 aliphatic heterocycles. The van der Waals surface area contributed by atoms with Crippen LogP contribution in [-0.4, -0.2) is 47.0 Å². The molecule has 7 nitrogen and oxygen atoms in total. The fourth-order valence-corrected chi connectivity index (χ4v) is 1.68. The maximum atomic E-state index is 5.30. The minimum atomic E-state index is 0. The van der Waals surface area contributed by atoms with Gasteiger partial charge >= 0.3 is 0 Å². The zero-order valence-electron chi connectivity index (χ0n) is 13.1.